The average Bonchev–Trinajstić information content (AvgIpc) is 2.54. The second kappa shape index (κ2) is 6.65. The summed E-state index contributed by atoms with van der Waals surface area (Å²) in [6.45, 7) is 4.15. The largest absolute Gasteiger partial charge is 0.497 e. The zero-order chi connectivity index (χ0) is 17.2. The van der Waals surface area contributed by atoms with Gasteiger partial charge < -0.3 is 20.1 Å². The van der Waals surface area contributed by atoms with E-state index in [4.69, 9.17) is 21.7 Å². The van der Waals surface area contributed by atoms with Gasteiger partial charge >= 0.3 is 0 Å². The van der Waals surface area contributed by atoms with Crippen molar-refractivity contribution in [3.05, 3.63) is 48.3 Å². The highest BCUT2D eigenvalue weighted by molar-refractivity contribution is 7.80. The lowest BCUT2D eigenvalue weighted by atomic mass is 9.89. The Morgan fingerprint density at radius 1 is 1.29 bits per heavy atom. The van der Waals surface area contributed by atoms with Crippen LogP contribution < -0.4 is 20.1 Å². The summed E-state index contributed by atoms with van der Waals surface area (Å²) in [7, 11) is 1.65. The fourth-order valence-electron chi connectivity index (χ4n) is 2.85. The van der Waals surface area contributed by atoms with Crippen LogP contribution >= 0.6 is 12.2 Å². The van der Waals surface area contributed by atoms with E-state index in [2.05, 4.69) is 29.5 Å². The monoisotopic (exact) mass is 343 g/mol. The van der Waals surface area contributed by atoms with Gasteiger partial charge in [0.15, 0.2) is 5.11 Å². The fraction of sp³-hybridized carbons (Fsp3) is 0.333. The van der Waals surface area contributed by atoms with Crippen molar-refractivity contribution in [2.45, 2.75) is 31.9 Å². The molecule has 0 spiro atoms. The molecule has 24 heavy (non-hydrogen) atoms. The Labute approximate surface area is 147 Å². The molecule has 0 amide bonds. The highest BCUT2D eigenvalue weighted by Crippen LogP contribution is 2.41. The topological polar surface area (TPSA) is 55.4 Å². The number of anilines is 1. The number of ether oxygens (including phenoxy) is 2. The van der Waals surface area contributed by atoms with Gasteiger partial charge in [-0.05, 0) is 50.3 Å². The fourth-order valence-corrected chi connectivity index (χ4v) is 3.11. The molecule has 0 fully saturated rings. The van der Waals surface area contributed by atoms with Gasteiger partial charge in [0.25, 0.3) is 0 Å². The van der Waals surface area contributed by atoms with Gasteiger partial charge in [0.2, 0.25) is 0 Å². The van der Waals surface area contributed by atoms with E-state index in [1.807, 2.05) is 30.3 Å². The van der Waals surface area contributed by atoms with E-state index in [9.17, 15) is 0 Å². The van der Waals surface area contributed by atoms with E-state index < -0.39 is 0 Å². The number of thiocarbonyl (C=S) groups is 1. The van der Waals surface area contributed by atoms with Crippen LogP contribution in [0.2, 0.25) is 0 Å². The number of pyridine rings is 1. The van der Waals surface area contributed by atoms with Crippen LogP contribution in [0.4, 0.5) is 5.69 Å². The second-order valence-electron chi connectivity index (χ2n) is 6.36. The van der Waals surface area contributed by atoms with Crippen LogP contribution in [0.15, 0.2) is 42.7 Å². The predicted molar refractivity (Wildman–Crippen MR) is 98.7 cm³/mol. The van der Waals surface area contributed by atoms with Gasteiger partial charge in [-0.15, -0.1) is 0 Å². The SMILES string of the molecule is COc1ccc2c(c1)OC(C)(C)C[C@H]2NC(=S)Nc1ccncc1. The van der Waals surface area contributed by atoms with E-state index in [0.717, 1.165) is 29.2 Å². The van der Waals surface area contributed by atoms with Gasteiger partial charge in [-0.3, -0.25) is 4.98 Å². The Hall–Kier alpha value is -2.34. The van der Waals surface area contributed by atoms with Crippen molar-refractivity contribution in [1.82, 2.24) is 10.3 Å². The first-order valence-corrected chi connectivity index (χ1v) is 8.22. The molecule has 2 N–H and O–H groups in total. The standard InChI is InChI=1S/C18H21N3O2S/c1-18(2)11-15(14-5-4-13(22-3)10-16(14)23-18)21-17(24)20-12-6-8-19-9-7-12/h4-10,15H,11H2,1-3H3,(H2,19,20,21,24)/t15-/m1/s1. The summed E-state index contributed by atoms with van der Waals surface area (Å²) in [5.41, 5.74) is 1.70. The summed E-state index contributed by atoms with van der Waals surface area (Å²) < 4.78 is 11.4. The summed E-state index contributed by atoms with van der Waals surface area (Å²) >= 11 is 5.46. The minimum Gasteiger partial charge on any atom is -0.497 e. The van der Waals surface area contributed by atoms with Gasteiger partial charge in [0, 0.05) is 36.1 Å². The summed E-state index contributed by atoms with van der Waals surface area (Å²) in [5, 5.41) is 7.16. The number of hydrogen-bond acceptors (Lipinski definition) is 4. The lowest BCUT2D eigenvalue weighted by Crippen LogP contribution is -2.42. The Balaban J connectivity index is 1.79. The van der Waals surface area contributed by atoms with Crippen LogP contribution in [-0.2, 0) is 0 Å². The molecular weight excluding hydrogens is 322 g/mol. The molecule has 0 radical (unpaired) electrons. The molecule has 126 valence electrons. The van der Waals surface area contributed by atoms with Gasteiger partial charge in [0.1, 0.15) is 17.1 Å². The van der Waals surface area contributed by atoms with E-state index in [1.165, 1.54) is 0 Å². The maximum atomic E-state index is 6.10. The molecule has 0 aliphatic carbocycles. The van der Waals surface area contributed by atoms with Crippen LogP contribution in [0.5, 0.6) is 11.5 Å². The van der Waals surface area contributed by atoms with Crippen LogP contribution in [0.1, 0.15) is 31.9 Å². The summed E-state index contributed by atoms with van der Waals surface area (Å²) in [5.74, 6) is 1.61. The number of hydrogen-bond donors (Lipinski definition) is 2. The normalized spacial score (nSPS) is 18.0. The number of methoxy groups -OCH3 is 1. The quantitative estimate of drug-likeness (QED) is 0.829. The van der Waals surface area contributed by atoms with Crippen molar-refractivity contribution in [3.63, 3.8) is 0 Å². The lowest BCUT2D eigenvalue weighted by Gasteiger charge is -2.38. The lowest BCUT2D eigenvalue weighted by molar-refractivity contribution is 0.0693. The molecule has 2 heterocycles. The van der Waals surface area contributed by atoms with E-state index >= 15 is 0 Å². The third-order valence-corrected chi connectivity index (χ3v) is 4.14. The highest BCUT2D eigenvalue weighted by atomic mass is 32.1. The van der Waals surface area contributed by atoms with Gasteiger partial charge in [0.05, 0.1) is 13.2 Å². The second-order valence-corrected chi connectivity index (χ2v) is 6.76. The highest BCUT2D eigenvalue weighted by Gasteiger charge is 2.34. The zero-order valence-electron chi connectivity index (χ0n) is 14.0. The first kappa shape index (κ1) is 16.5. The molecule has 1 atom stereocenters. The Morgan fingerprint density at radius 3 is 2.75 bits per heavy atom. The first-order chi connectivity index (χ1) is 11.5. The molecule has 1 aromatic heterocycles. The number of nitrogens with one attached hydrogen (secondary N) is 2. The third kappa shape index (κ3) is 3.76. The number of benzene rings is 1. The predicted octanol–water partition coefficient (Wildman–Crippen LogP) is 3.68. The molecule has 1 aliphatic heterocycles. The van der Waals surface area contributed by atoms with Crippen molar-refractivity contribution < 1.29 is 9.47 Å². The van der Waals surface area contributed by atoms with E-state index in [0.29, 0.717) is 5.11 Å². The zero-order valence-corrected chi connectivity index (χ0v) is 14.8. The molecule has 1 aliphatic rings. The molecular formula is C18H21N3O2S. The van der Waals surface area contributed by atoms with Crippen LogP contribution in [-0.4, -0.2) is 22.8 Å². The van der Waals surface area contributed by atoms with E-state index in [1.54, 1.807) is 19.5 Å². The molecule has 5 nitrogen and oxygen atoms in total. The van der Waals surface area contributed by atoms with Gasteiger partial charge in [-0.1, -0.05) is 0 Å². The minimum atomic E-state index is -0.288. The Morgan fingerprint density at radius 2 is 2.04 bits per heavy atom. The van der Waals surface area contributed by atoms with Crippen molar-refractivity contribution >= 4 is 23.0 Å². The molecule has 0 unspecified atom stereocenters. The Kier molecular flexibility index (Phi) is 4.57. The summed E-state index contributed by atoms with van der Waals surface area (Å²) in [4.78, 5) is 4.00. The van der Waals surface area contributed by atoms with Crippen molar-refractivity contribution in [1.29, 1.82) is 0 Å². The summed E-state index contributed by atoms with van der Waals surface area (Å²) in [6, 6.07) is 9.70. The van der Waals surface area contributed by atoms with Gasteiger partial charge in [-0.25, -0.2) is 0 Å². The van der Waals surface area contributed by atoms with Crippen LogP contribution in [0, 0.1) is 0 Å². The molecule has 1 aromatic carbocycles. The number of aromatic nitrogens is 1. The average molecular weight is 343 g/mol. The molecule has 0 saturated heterocycles. The van der Waals surface area contributed by atoms with E-state index in [-0.39, 0.29) is 11.6 Å². The minimum absolute atomic E-state index is 0.0662. The van der Waals surface area contributed by atoms with Gasteiger partial charge in [-0.2, -0.15) is 0 Å². The maximum Gasteiger partial charge on any atom is 0.171 e. The number of fused-ring (bicyclic) bond motifs is 1. The third-order valence-electron chi connectivity index (χ3n) is 3.92. The molecule has 0 bridgehead atoms. The smallest absolute Gasteiger partial charge is 0.171 e. The summed E-state index contributed by atoms with van der Waals surface area (Å²) in [6.07, 6.45) is 4.26. The molecule has 2 aromatic rings. The van der Waals surface area contributed by atoms with Crippen molar-refractivity contribution in [2.75, 3.05) is 12.4 Å². The van der Waals surface area contributed by atoms with Crippen LogP contribution in [0.3, 0.4) is 0 Å². The number of rotatable bonds is 3. The van der Waals surface area contributed by atoms with Crippen LogP contribution in [0.25, 0.3) is 0 Å². The van der Waals surface area contributed by atoms with Crippen molar-refractivity contribution in [2.24, 2.45) is 0 Å². The molecule has 0 saturated carbocycles. The first-order valence-electron chi connectivity index (χ1n) is 7.81. The maximum absolute atomic E-state index is 6.10. The molecule has 6 heteroatoms. The Bertz CT molecular complexity index is 734. The van der Waals surface area contributed by atoms with Crippen molar-refractivity contribution in [3.8, 4) is 11.5 Å². The molecule has 3 rings (SSSR count). The number of nitrogens with zero attached hydrogens (tertiary/aromatic N) is 1.